The average molecular weight is 369 g/mol. The van der Waals surface area contributed by atoms with Gasteiger partial charge in [0.25, 0.3) is 0 Å². The molecule has 27 heavy (non-hydrogen) atoms. The zero-order valence-corrected chi connectivity index (χ0v) is 16.0. The van der Waals surface area contributed by atoms with Gasteiger partial charge in [0.05, 0.1) is 13.2 Å². The molecule has 0 radical (unpaired) electrons. The first-order valence-corrected chi connectivity index (χ1v) is 9.81. The highest BCUT2D eigenvalue weighted by Gasteiger charge is 2.29. The van der Waals surface area contributed by atoms with Crippen LogP contribution < -0.4 is 5.32 Å². The normalized spacial score (nSPS) is 22.9. The fourth-order valence-corrected chi connectivity index (χ4v) is 4.05. The molecule has 2 atom stereocenters. The molecule has 1 saturated carbocycles. The minimum absolute atomic E-state index is 0.0201. The van der Waals surface area contributed by atoms with Gasteiger partial charge in [0.15, 0.2) is 0 Å². The third-order valence-electron chi connectivity index (χ3n) is 5.40. The molecule has 0 spiro atoms. The van der Waals surface area contributed by atoms with Crippen LogP contribution in [-0.4, -0.2) is 41.4 Å². The molecule has 1 aliphatic heterocycles. The number of carbonyl (C=O) groups excluding carboxylic acids is 1. The Bertz CT molecular complexity index is 855. The summed E-state index contributed by atoms with van der Waals surface area (Å²) in [6.07, 6.45) is 9.54. The van der Waals surface area contributed by atoms with Gasteiger partial charge in [-0.05, 0) is 62.7 Å². The number of nitrogens with one attached hydrogen (secondary N) is 2. The monoisotopic (exact) mass is 369 g/mol. The lowest BCUT2D eigenvalue weighted by Crippen LogP contribution is -2.33. The van der Waals surface area contributed by atoms with E-state index in [1.54, 1.807) is 0 Å². The summed E-state index contributed by atoms with van der Waals surface area (Å²) in [5, 5.41) is 3.96. The molecule has 4 rings (SSSR count). The SMILES string of the molecule is CC(C)NC(=O)O[C@@H]1CC[C@H](c2cnc3[nH]cc(C4=CCOCC4)c3c2)C1. The number of hydrogen-bond donors (Lipinski definition) is 2. The summed E-state index contributed by atoms with van der Waals surface area (Å²) in [6.45, 7) is 5.31. The molecule has 2 aliphatic rings. The van der Waals surface area contributed by atoms with Crippen LogP contribution in [0.1, 0.15) is 56.6 Å². The van der Waals surface area contributed by atoms with Crippen LogP contribution in [0.2, 0.25) is 0 Å². The summed E-state index contributed by atoms with van der Waals surface area (Å²) in [6, 6.07) is 2.35. The Labute approximate surface area is 159 Å². The summed E-state index contributed by atoms with van der Waals surface area (Å²) in [7, 11) is 0. The van der Waals surface area contributed by atoms with Gasteiger partial charge in [-0.1, -0.05) is 6.08 Å². The van der Waals surface area contributed by atoms with Gasteiger partial charge in [-0.3, -0.25) is 0 Å². The molecule has 2 aromatic heterocycles. The van der Waals surface area contributed by atoms with Gasteiger partial charge in [-0.25, -0.2) is 9.78 Å². The smallest absolute Gasteiger partial charge is 0.407 e. The lowest BCUT2D eigenvalue weighted by molar-refractivity contribution is 0.0982. The highest BCUT2D eigenvalue weighted by Crippen LogP contribution is 2.38. The number of ether oxygens (including phenoxy) is 2. The van der Waals surface area contributed by atoms with E-state index in [1.807, 2.05) is 20.0 Å². The van der Waals surface area contributed by atoms with Crippen molar-refractivity contribution in [3.8, 4) is 0 Å². The van der Waals surface area contributed by atoms with E-state index < -0.39 is 0 Å². The number of rotatable bonds is 4. The molecule has 0 bridgehead atoms. The van der Waals surface area contributed by atoms with E-state index in [4.69, 9.17) is 9.47 Å². The molecular weight excluding hydrogens is 342 g/mol. The molecule has 144 valence electrons. The zero-order valence-electron chi connectivity index (χ0n) is 16.0. The van der Waals surface area contributed by atoms with E-state index in [1.165, 1.54) is 22.1 Å². The van der Waals surface area contributed by atoms with Crippen molar-refractivity contribution in [2.24, 2.45) is 0 Å². The molecule has 0 saturated heterocycles. The maximum absolute atomic E-state index is 11.8. The van der Waals surface area contributed by atoms with Crippen LogP contribution in [0.25, 0.3) is 16.6 Å². The Balaban J connectivity index is 1.49. The van der Waals surface area contributed by atoms with Crippen molar-refractivity contribution in [2.75, 3.05) is 13.2 Å². The van der Waals surface area contributed by atoms with Gasteiger partial charge in [-0.2, -0.15) is 0 Å². The number of aromatic nitrogens is 2. The second-order valence-corrected chi connectivity index (χ2v) is 7.76. The lowest BCUT2D eigenvalue weighted by atomic mass is 9.96. The lowest BCUT2D eigenvalue weighted by Gasteiger charge is -2.15. The number of carbonyl (C=O) groups is 1. The second kappa shape index (κ2) is 7.72. The van der Waals surface area contributed by atoms with Gasteiger partial charge in [0.1, 0.15) is 11.8 Å². The maximum atomic E-state index is 11.8. The first-order valence-electron chi connectivity index (χ1n) is 9.81. The number of hydrogen-bond acceptors (Lipinski definition) is 4. The standard InChI is InChI=1S/C21H27N3O3/c1-13(2)24-21(25)27-17-4-3-15(9-17)16-10-18-19(12-23-20(18)22-11-16)14-5-7-26-8-6-14/h5,10-13,15,17H,3-4,6-9H2,1-2H3,(H,22,23)(H,24,25)/t15-,17+/m0/s1. The van der Waals surface area contributed by atoms with Crippen LogP contribution >= 0.6 is 0 Å². The van der Waals surface area contributed by atoms with Gasteiger partial charge in [0, 0.05) is 29.4 Å². The highest BCUT2D eigenvalue weighted by molar-refractivity contribution is 5.91. The molecule has 1 amide bonds. The topological polar surface area (TPSA) is 76.2 Å². The van der Waals surface area contributed by atoms with Crippen LogP contribution in [-0.2, 0) is 9.47 Å². The Kier molecular flexibility index (Phi) is 5.16. The van der Waals surface area contributed by atoms with E-state index in [9.17, 15) is 4.79 Å². The Morgan fingerprint density at radius 1 is 1.41 bits per heavy atom. The minimum Gasteiger partial charge on any atom is -0.446 e. The van der Waals surface area contributed by atoms with Crippen molar-refractivity contribution in [3.63, 3.8) is 0 Å². The predicted octanol–water partition coefficient (Wildman–Crippen LogP) is 4.14. The van der Waals surface area contributed by atoms with E-state index in [0.29, 0.717) is 12.5 Å². The first kappa shape index (κ1) is 18.0. The van der Waals surface area contributed by atoms with Gasteiger partial charge < -0.3 is 19.8 Å². The summed E-state index contributed by atoms with van der Waals surface area (Å²) < 4.78 is 11.0. The third kappa shape index (κ3) is 4.00. The summed E-state index contributed by atoms with van der Waals surface area (Å²) in [5.41, 5.74) is 4.70. The van der Waals surface area contributed by atoms with Crippen molar-refractivity contribution >= 4 is 22.7 Å². The van der Waals surface area contributed by atoms with Gasteiger partial charge >= 0.3 is 6.09 Å². The van der Waals surface area contributed by atoms with Gasteiger partial charge in [0.2, 0.25) is 0 Å². The number of amides is 1. The van der Waals surface area contributed by atoms with Crippen LogP contribution in [0.5, 0.6) is 0 Å². The largest absolute Gasteiger partial charge is 0.446 e. The third-order valence-corrected chi connectivity index (χ3v) is 5.40. The number of aromatic amines is 1. The van der Waals surface area contributed by atoms with Crippen molar-refractivity contribution in [1.82, 2.24) is 15.3 Å². The molecule has 6 nitrogen and oxygen atoms in total. The number of H-pyrrole nitrogens is 1. The van der Waals surface area contributed by atoms with E-state index in [-0.39, 0.29) is 18.2 Å². The van der Waals surface area contributed by atoms with Crippen LogP contribution in [0.4, 0.5) is 4.79 Å². The second-order valence-electron chi connectivity index (χ2n) is 7.76. The molecule has 0 unspecified atom stereocenters. The van der Waals surface area contributed by atoms with Crippen LogP contribution in [0.3, 0.4) is 0 Å². The van der Waals surface area contributed by atoms with Crippen molar-refractivity contribution in [2.45, 2.75) is 57.6 Å². The summed E-state index contributed by atoms with van der Waals surface area (Å²) in [4.78, 5) is 19.8. The fraction of sp³-hybridized carbons (Fsp3) is 0.524. The van der Waals surface area contributed by atoms with E-state index in [0.717, 1.165) is 37.9 Å². The molecule has 1 fully saturated rings. The van der Waals surface area contributed by atoms with E-state index >= 15 is 0 Å². The number of pyridine rings is 1. The highest BCUT2D eigenvalue weighted by atomic mass is 16.6. The Hall–Kier alpha value is -2.34. The number of alkyl carbamates (subject to hydrolysis) is 1. The van der Waals surface area contributed by atoms with Crippen LogP contribution in [0.15, 0.2) is 24.5 Å². The predicted molar refractivity (Wildman–Crippen MR) is 105 cm³/mol. The molecule has 0 aromatic carbocycles. The van der Waals surface area contributed by atoms with Gasteiger partial charge in [-0.15, -0.1) is 0 Å². The molecular formula is C21H27N3O3. The summed E-state index contributed by atoms with van der Waals surface area (Å²) in [5.74, 6) is 0.380. The quantitative estimate of drug-likeness (QED) is 0.849. The van der Waals surface area contributed by atoms with Crippen molar-refractivity contribution in [3.05, 3.63) is 35.7 Å². The first-order chi connectivity index (χ1) is 13.1. The van der Waals surface area contributed by atoms with E-state index in [2.05, 4.69) is 33.6 Å². The molecule has 3 heterocycles. The van der Waals surface area contributed by atoms with Crippen molar-refractivity contribution in [1.29, 1.82) is 0 Å². The zero-order chi connectivity index (χ0) is 18.8. The average Bonchev–Trinajstić information content (AvgIpc) is 3.28. The van der Waals surface area contributed by atoms with Crippen molar-refractivity contribution < 1.29 is 14.3 Å². The number of fused-ring (bicyclic) bond motifs is 1. The molecule has 6 heteroatoms. The maximum Gasteiger partial charge on any atom is 0.407 e. The molecule has 2 N–H and O–H groups in total. The van der Waals surface area contributed by atoms with Crippen LogP contribution in [0, 0.1) is 0 Å². The molecule has 2 aromatic rings. The Morgan fingerprint density at radius 3 is 3.07 bits per heavy atom. The Morgan fingerprint density at radius 2 is 2.30 bits per heavy atom. The minimum atomic E-state index is -0.316. The number of nitrogens with zero attached hydrogens (tertiary/aromatic N) is 1. The molecule has 1 aliphatic carbocycles. The fourth-order valence-electron chi connectivity index (χ4n) is 4.05. The summed E-state index contributed by atoms with van der Waals surface area (Å²) >= 11 is 0.